The molecule has 1 rings (SSSR count). The Kier molecular flexibility index (Phi) is 4.96. The largest absolute Gasteiger partial charge is 0.449 e. The van der Waals surface area contributed by atoms with Crippen LogP contribution >= 0.6 is 0 Å². The zero-order chi connectivity index (χ0) is 12.7. The monoisotopic (exact) mass is 257 g/mol. The molecule has 0 saturated heterocycles. The number of aryl methyl sites for hydroxylation is 1. The third-order valence-corrected chi connectivity index (χ3v) is 3.24. The summed E-state index contributed by atoms with van der Waals surface area (Å²) in [5.74, 6) is -0.143. The molecule has 0 aromatic heterocycles. The van der Waals surface area contributed by atoms with Gasteiger partial charge in [-0.25, -0.2) is 17.9 Å². The molecule has 0 unspecified atom stereocenters. The number of carbonyl (C=O) groups is 1. The minimum Gasteiger partial charge on any atom is -0.449 e. The third kappa shape index (κ3) is 5.35. The number of amides is 1. The van der Waals surface area contributed by atoms with Crippen LogP contribution in [0.3, 0.4) is 0 Å². The number of benzene rings is 1. The standard InChI is InChI=1S/C11H15NO4S/c1-2-16-11(13)12-17(14,15)9-8-10-6-4-3-5-7-10/h3-7H,2,8-9H2,1H3,(H,12,13). The highest BCUT2D eigenvalue weighted by Gasteiger charge is 2.14. The van der Waals surface area contributed by atoms with Gasteiger partial charge in [-0.05, 0) is 18.9 Å². The average molecular weight is 257 g/mol. The summed E-state index contributed by atoms with van der Waals surface area (Å²) >= 11 is 0. The van der Waals surface area contributed by atoms with E-state index in [0.29, 0.717) is 6.42 Å². The summed E-state index contributed by atoms with van der Waals surface area (Å²) in [6.45, 7) is 1.75. The fourth-order valence-corrected chi connectivity index (χ4v) is 2.15. The summed E-state index contributed by atoms with van der Waals surface area (Å²) in [5, 5.41) is 0. The van der Waals surface area contributed by atoms with Gasteiger partial charge in [0.05, 0.1) is 12.4 Å². The van der Waals surface area contributed by atoms with Crippen molar-refractivity contribution in [2.45, 2.75) is 13.3 Å². The first-order chi connectivity index (χ1) is 8.03. The summed E-state index contributed by atoms with van der Waals surface area (Å²) < 4.78 is 29.3. The van der Waals surface area contributed by atoms with Crippen LogP contribution in [0.4, 0.5) is 4.79 Å². The van der Waals surface area contributed by atoms with Gasteiger partial charge in [0.2, 0.25) is 10.0 Å². The predicted octanol–water partition coefficient (Wildman–Crippen LogP) is 1.30. The molecule has 0 heterocycles. The van der Waals surface area contributed by atoms with Crippen molar-refractivity contribution in [2.75, 3.05) is 12.4 Å². The van der Waals surface area contributed by atoms with E-state index in [9.17, 15) is 13.2 Å². The molecule has 0 radical (unpaired) electrons. The fraction of sp³-hybridized carbons (Fsp3) is 0.364. The van der Waals surface area contributed by atoms with E-state index in [1.807, 2.05) is 35.1 Å². The molecule has 1 N–H and O–H groups in total. The van der Waals surface area contributed by atoms with Crippen molar-refractivity contribution < 1.29 is 17.9 Å². The molecule has 0 aliphatic rings. The zero-order valence-electron chi connectivity index (χ0n) is 9.55. The van der Waals surface area contributed by atoms with Gasteiger partial charge in [-0.15, -0.1) is 0 Å². The maximum Gasteiger partial charge on any atom is 0.420 e. The van der Waals surface area contributed by atoms with E-state index in [1.165, 1.54) is 0 Å². The van der Waals surface area contributed by atoms with Crippen LogP contribution < -0.4 is 4.72 Å². The lowest BCUT2D eigenvalue weighted by Crippen LogP contribution is -2.33. The SMILES string of the molecule is CCOC(=O)NS(=O)(=O)CCc1ccccc1. The van der Waals surface area contributed by atoms with Gasteiger partial charge < -0.3 is 4.74 Å². The minimum absolute atomic E-state index is 0.139. The maximum atomic E-state index is 11.5. The molecular weight excluding hydrogens is 242 g/mol. The quantitative estimate of drug-likeness (QED) is 0.863. The molecule has 5 nitrogen and oxygen atoms in total. The first-order valence-corrected chi connectivity index (χ1v) is 6.90. The highest BCUT2D eigenvalue weighted by Crippen LogP contribution is 2.01. The molecule has 0 fully saturated rings. The highest BCUT2D eigenvalue weighted by atomic mass is 32.2. The van der Waals surface area contributed by atoms with Crippen LogP contribution in [0.15, 0.2) is 30.3 Å². The number of sulfonamides is 1. The van der Waals surface area contributed by atoms with E-state index in [0.717, 1.165) is 5.56 Å². The number of nitrogens with one attached hydrogen (secondary N) is 1. The molecule has 0 aliphatic carbocycles. The van der Waals surface area contributed by atoms with Gasteiger partial charge in [0.25, 0.3) is 0 Å². The summed E-state index contributed by atoms with van der Waals surface area (Å²) in [7, 11) is -3.63. The van der Waals surface area contributed by atoms with E-state index >= 15 is 0 Å². The first-order valence-electron chi connectivity index (χ1n) is 5.24. The van der Waals surface area contributed by atoms with Crippen LogP contribution in [0, 0.1) is 0 Å². The first kappa shape index (κ1) is 13.5. The van der Waals surface area contributed by atoms with E-state index in [4.69, 9.17) is 0 Å². The summed E-state index contributed by atoms with van der Waals surface area (Å²) in [4.78, 5) is 11.0. The van der Waals surface area contributed by atoms with E-state index in [2.05, 4.69) is 4.74 Å². The summed E-state index contributed by atoms with van der Waals surface area (Å²) in [6, 6.07) is 9.19. The van der Waals surface area contributed by atoms with Crippen molar-refractivity contribution in [3.8, 4) is 0 Å². The Labute approximate surface area is 101 Å². The van der Waals surface area contributed by atoms with Crippen molar-refractivity contribution in [3.05, 3.63) is 35.9 Å². The molecule has 6 heteroatoms. The molecule has 0 atom stereocenters. The normalized spacial score (nSPS) is 10.9. The lowest BCUT2D eigenvalue weighted by atomic mass is 10.2. The number of rotatable bonds is 5. The molecule has 1 aromatic carbocycles. The van der Waals surface area contributed by atoms with Crippen LogP contribution in [0.25, 0.3) is 0 Å². The minimum atomic E-state index is -3.63. The zero-order valence-corrected chi connectivity index (χ0v) is 10.4. The number of carbonyl (C=O) groups excluding carboxylic acids is 1. The Balaban J connectivity index is 2.48. The second-order valence-electron chi connectivity index (χ2n) is 3.38. The topological polar surface area (TPSA) is 72.5 Å². The lowest BCUT2D eigenvalue weighted by molar-refractivity contribution is 0.158. The Morgan fingerprint density at radius 1 is 1.29 bits per heavy atom. The van der Waals surface area contributed by atoms with E-state index in [1.54, 1.807) is 6.92 Å². The number of hydrogen-bond donors (Lipinski definition) is 1. The molecule has 0 saturated carbocycles. The molecule has 0 spiro atoms. The predicted molar refractivity (Wildman–Crippen MR) is 64.1 cm³/mol. The van der Waals surface area contributed by atoms with Crippen molar-refractivity contribution >= 4 is 16.1 Å². The Morgan fingerprint density at radius 2 is 1.94 bits per heavy atom. The third-order valence-electron chi connectivity index (χ3n) is 2.02. The van der Waals surface area contributed by atoms with Gasteiger partial charge in [0, 0.05) is 0 Å². The molecule has 1 aromatic rings. The molecular formula is C11H15NO4S. The van der Waals surface area contributed by atoms with Crippen LogP contribution in [0.5, 0.6) is 0 Å². The maximum absolute atomic E-state index is 11.5. The highest BCUT2D eigenvalue weighted by molar-refractivity contribution is 7.90. The van der Waals surface area contributed by atoms with Gasteiger partial charge in [-0.2, -0.15) is 0 Å². The van der Waals surface area contributed by atoms with Crippen LogP contribution in [-0.2, 0) is 21.2 Å². The van der Waals surface area contributed by atoms with Gasteiger partial charge in [-0.3, -0.25) is 0 Å². The lowest BCUT2D eigenvalue weighted by Gasteiger charge is -2.06. The molecule has 0 aliphatic heterocycles. The van der Waals surface area contributed by atoms with Crippen LogP contribution in [0.1, 0.15) is 12.5 Å². The Morgan fingerprint density at radius 3 is 2.53 bits per heavy atom. The van der Waals surface area contributed by atoms with E-state index in [-0.39, 0.29) is 12.4 Å². The van der Waals surface area contributed by atoms with Gasteiger partial charge in [0.1, 0.15) is 0 Å². The summed E-state index contributed by atoms with van der Waals surface area (Å²) in [6.07, 6.45) is -0.573. The molecule has 1 amide bonds. The van der Waals surface area contributed by atoms with Crippen molar-refractivity contribution in [1.29, 1.82) is 0 Å². The average Bonchev–Trinajstić information content (AvgIpc) is 2.27. The number of hydrogen-bond acceptors (Lipinski definition) is 4. The smallest absolute Gasteiger partial charge is 0.420 e. The molecule has 94 valence electrons. The number of ether oxygens (including phenoxy) is 1. The molecule has 17 heavy (non-hydrogen) atoms. The van der Waals surface area contributed by atoms with Crippen LogP contribution in [-0.4, -0.2) is 26.9 Å². The van der Waals surface area contributed by atoms with Crippen molar-refractivity contribution in [2.24, 2.45) is 0 Å². The second-order valence-corrected chi connectivity index (χ2v) is 5.22. The van der Waals surface area contributed by atoms with Gasteiger partial charge in [-0.1, -0.05) is 30.3 Å². The summed E-state index contributed by atoms with van der Waals surface area (Å²) in [5.41, 5.74) is 0.904. The Hall–Kier alpha value is -1.56. The Bertz CT molecular complexity index is 456. The van der Waals surface area contributed by atoms with E-state index < -0.39 is 16.1 Å². The fourth-order valence-electron chi connectivity index (χ4n) is 1.24. The van der Waals surface area contributed by atoms with Crippen molar-refractivity contribution in [3.63, 3.8) is 0 Å². The second kappa shape index (κ2) is 6.24. The molecule has 0 bridgehead atoms. The van der Waals surface area contributed by atoms with Crippen LogP contribution in [0.2, 0.25) is 0 Å². The van der Waals surface area contributed by atoms with Gasteiger partial charge in [0.15, 0.2) is 0 Å². The van der Waals surface area contributed by atoms with Gasteiger partial charge >= 0.3 is 6.09 Å². The van der Waals surface area contributed by atoms with Crippen molar-refractivity contribution in [1.82, 2.24) is 4.72 Å².